The number of carboxylic acid groups (broad SMARTS) is 1. The summed E-state index contributed by atoms with van der Waals surface area (Å²) < 4.78 is 0. The van der Waals surface area contributed by atoms with Crippen molar-refractivity contribution in [1.82, 2.24) is 5.32 Å². The molecule has 0 spiro atoms. The van der Waals surface area contributed by atoms with E-state index in [1.807, 2.05) is 46.8 Å². The highest BCUT2D eigenvalue weighted by Crippen LogP contribution is 2.17. The van der Waals surface area contributed by atoms with Crippen molar-refractivity contribution >= 4 is 11.9 Å². The van der Waals surface area contributed by atoms with E-state index in [0.717, 1.165) is 22.3 Å². The summed E-state index contributed by atoms with van der Waals surface area (Å²) in [5.74, 6) is -1.31. The molecule has 0 bridgehead atoms. The molecule has 0 heterocycles. The Kier molecular flexibility index (Phi) is 5.94. The van der Waals surface area contributed by atoms with Gasteiger partial charge in [-0.25, -0.2) is 4.79 Å². The van der Waals surface area contributed by atoms with Crippen molar-refractivity contribution in [1.29, 1.82) is 0 Å². The standard InChI is InChI=1S/C17H25NO3/c1-6-11(3)16(17(20)21)18-15(19)9-14-12(4)7-10(2)8-13(14)5/h7-8,11,16H,6,9H2,1-5H3,(H,18,19)(H,20,21). The fourth-order valence-corrected chi connectivity index (χ4v) is 2.56. The summed E-state index contributed by atoms with van der Waals surface area (Å²) in [6.07, 6.45) is 0.929. The van der Waals surface area contributed by atoms with E-state index in [1.165, 1.54) is 0 Å². The molecule has 0 aliphatic heterocycles. The molecule has 2 atom stereocenters. The topological polar surface area (TPSA) is 66.4 Å². The van der Waals surface area contributed by atoms with Gasteiger partial charge in [0.15, 0.2) is 0 Å². The summed E-state index contributed by atoms with van der Waals surface area (Å²) in [6.45, 7) is 9.73. The van der Waals surface area contributed by atoms with Crippen LogP contribution >= 0.6 is 0 Å². The number of aliphatic carboxylic acids is 1. The van der Waals surface area contributed by atoms with Crippen LogP contribution in [0.4, 0.5) is 0 Å². The molecular formula is C17H25NO3. The van der Waals surface area contributed by atoms with E-state index in [0.29, 0.717) is 6.42 Å². The normalized spacial score (nSPS) is 13.6. The van der Waals surface area contributed by atoms with Gasteiger partial charge in [-0.15, -0.1) is 0 Å². The van der Waals surface area contributed by atoms with Crippen LogP contribution in [0.1, 0.15) is 42.5 Å². The second-order valence-electron chi connectivity index (χ2n) is 5.82. The van der Waals surface area contributed by atoms with E-state index in [2.05, 4.69) is 5.32 Å². The molecule has 4 heteroatoms. The highest BCUT2D eigenvalue weighted by Gasteiger charge is 2.25. The zero-order chi connectivity index (χ0) is 16.2. The summed E-state index contributed by atoms with van der Waals surface area (Å²) in [4.78, 5) is 23.4. The highest BCUT2D eigenvalue weighted by molar-refractivity contribution is 5.85. The minimum atomic E-state index is -0.977. The van der Waals surface area contributed by atoms with Gasteiger partial charge in [0.05, 0.1) is 6.42 Å². The molecule has 1 aromatic rings. The summed E-state index contributed by atoms with van der Waals surface area (Å²) in [5, 5.41) is 11.9. The Morgan fingerprint density at radius 1 is 1.19 bits per heavy atom. The van der Waals surface area contributed by atoms with Gasteiger partial charge in [0.25, 0.3) is 0 Å². The van der Waals surface area contributed by atoms with Gasteiger partial charge in [-0.05, 0) is 43.4 Å². The molecule has 0 aliphatic rings. The van der Waals surface area contributed by atoms with Crippen molar-refractivity contribution in [2.75, 3.05) is 0 Å². The second kappa shape index (κ2) is 7.25. The van der Waals surface area contributed by atoms with Gasteiger partial charge in [-0.2, -0.15) is 0 Å². The fourth-order valence-electron chi connectivity index (χ4n) is 2.56. The van der Waals surface area contributed by atoms with Crippen LogP contribution in [0, 0.1) is 26.7 Å². The van der Waals surface area contributed by atoms with Crippen molar-refractivity contribution in [2.45, 2.75) is 53.5 Å². The first-order chi connectivity index (χ1) is 9.76. The molecule has 116 valence electrons. The maximum atomic E-state index is 12.2. The quantitative estimate of drug-likeness (QED) is 0.847. The molecule has 0 aliphatic carbocycles. The first-order valence-corrected chi connectivity index (χ1v) is 7.35. The van der Waals surface area contributed by atoms with Crippen LogP contribution < -0.4 is 5.32 Å². The predicted octanol–water partition coefficient (Wildman–Crippen LogP) is 2.77. The number of amides is 1. The molecule has 1 rings (SSSR count). The molecule has 2 unspecified atom stereocenters. The van der Waals surface area contributed by atoms with Gasteiger partial charge < -0.3 is 10.4 Å². The fraction of sp³-hybridized carbons (Fsp3) is 0.529. The van der Waals surface area contributed by atoms with E-state index < -0.39 is 12.0 Å². The van der Waals surface area contributed by atoms with Crippen LogP contribution in [-0.4, -0.2) is 23.0 Å². The SMILES string of the molecule is CCC(C)C(NC(=O)Cc1c(C)cc(C)cc1C)C(=O)O. The molecule has 2 N–H and O–H groups in total. The van der Waals surface area contributed by atoms with Crippen LogP contribution in [-0.2, 0) is 16.0 Å². The first kappa shape index (κ1) is 17.2. The summed E-state index contributed by atoms with van der Waals surface area (Å²) in [7, 11) is 0. The average Bonchev–Trinajstić information content (AvgIpc) is 2.39. The molecule has 1 amide bonds. The predicted molar refractivity (Wildman–Crippen MR) is 83.4 cm³/mol. The van der Waals surface area contributed by atoms with Gasteiger partial charge in [-0.3, -0.25) is 4.79 Å². The van der Waals surface area contributed by atoms with Crippen LogP contribution in [0.2, 0.25) is 0 Å². The number of carboxylic acids is 1. The van der Waals surface area contributed by atoms with Gasteiger partial charge >= 0.3 is 5.97 Å². The van der Waals surface area contributed by atoms with Crippen LogP contribution in [0.25, 0.3) is 0 Å². The van der Waals surface area contributed by atoms with Gasteiger partial charge in [-0.1, -0.05) is 38.0 Å². The van der Waals surface area contributed by atoms with Crippen molar-refractivity contribution in [2.24, 2.45) is 5.92 Å². The van der Waals surface area contributed by atoms with Crippen LogP contribution in [0.3, 0.4) is 0 Å². The molecule has 0 radical (unpaired) electrons. The largest absolute Gasteiger partial charge is 0.480 e. The third kappa shape index (κ3) is 4.59. The Morgan fingerprint density at radius 2 is 1.71 bits per heavy atom. The number of carbonyl (C=O) groups excluding carboxylic acids is 1. The minimum Gasteiger partial charge on any atom is -0.480 e. The first-order valence-electron chi connectivity index (χ1n) is 7.35. The Balaban J connectivity index is 2.84. The van der Waals surface area contributed by atoms with Crippen LogP contribution in [0.15, 0.2) is 12.1 Å². The van der Waals surface area contributed by atoms with Gasteiger partial charge in [0.1, 0.15) is 6.04 Å². The minimum absolute atomic E-state index is 0.0911. The monoisotopic (exact) mass is 291 g/mol. The Labute approximate surface area is 126 Å². The van der Waals surface area contributed by atoms with Crippen LogP contribution in [0.5, 0.6) is 0 Å². The van der Waals surface area contributed by atoms with Crippen molar-refractivity contribution < 1.29 is 14.7 Å². The maximum absolute atomic E-state index is 12.2. The smallest absolute Gasteiger partial charge is 0.326 e. The zero-order valence-electron chi connectivity index (χ0n) is 13.5. The average molecular weight is 291 g/mol. The molecule has 4 nitrogen and oxygen atoms in total. The Hall–Kier alpha value is -1.84. The molecule has 0 aromatic heterocycles. The number of rotatable bonds is 6. The summed E-state index contributed by atoms with van der Waals surface area (Å²) in [6, 6.07) is 3.26. The molecular weight excluding hydrogens is 266 g/mol. The summed E-state index contributed by atoms with van der Waals surface area (Å²) >= 11 is 0. The lowest BCUT2D eigenvalue weighted by Crippen LogP contribution is -2.45. The maximum Gasteiger partial charge on any atom is 0.326 e. The lowest BCUT2D eigenvalue weighted by atomic mass is 9.96. The van der Waals surface area contributed by atoms with Gasteiger partial charge in [0, 0.05) is 0 Å². The third-order valence-electron chi connectivity index (χ3n) is 3.97. The number of hydrogen-bond acceptors (Lipinski definition) is 2. The van der Waals surface area contributed by atoms with E-state index in [4.69, 9.17) is 0 Å². The number of nitrogens with one attached hydrogen (secondary N) is 1. The van der Waals surface area contributed by atoms with E-state index in [1.54, 1.807) is 0 Å². The van der Waals surface area contributed by atoms with Crippen molar-refractivity contribution in [3.8, 4) is 0 Å². The van der Waals surface area contributed by atoms with Crippen molar-refractivity contribution in [3.05, 3.63) is 34.4 Å². The highest BCUT2D eigenvalue weighted by atomic mass is 16.4. The number of aryl methyl sites for hydroxylation is 3. The number of carbonyl (C=O) groups is 2. The second-order valence-corrected chi connectivity index (χ2v) is 5.82. The molecule has 21 heavy (non-hydrogen) atoms. The Bertz CT molecular complexity index is 514. The van der Waals surface area contributed by atoms with E-state index in [-0.39, 0.29) is 18.2 Å². The third-order valence-corrected chi connectivity index (χ3v) is 3.97. The lowest BCUT2D eigenvalue weighted by molar-refractivity contribution is -0.143. The van der Waals surface area contributed by atoms with Gasteiger partial charge in [0.2, 0.25) is 5.91 Å². The molecule has 1 aromatic carbocycles. The van der Waals surface area contributed by atoms with E-state index in [9.17, 15) is 14.7 Å². The number of hydrogen-bond donors (Lipinski definition) is 2. The van der Waals surface area contributed by atoms with E-state index >= 15 is 0 Å². The lowest BCUT2D eigenvalue weighted by Gasteiger charge is -2.20. The number of benzene rings is 1. The molecule has 0 fully saturated rings. The zero-order valence-corrected chi connectivity index (χ0v) is 13.5. The molecule has 0 saturated heterocycles. The summed E-state index contributed by atoms with van der Waals surface area (Å²) in [5.41, 5.74) is 4.28. The molecule has 0 saturated carbocycles. The van der Waals surface area contributed by atoms with Crippen molar-refractivity contribution in [3.63, 3.8) is 0 Å². The Morgan fingerprint density at radius 3 is 2.14 bits per heavy atom.